The van der Waals surface area contributed by atoms with Crippen LogP contribution in [0.4, 0.5) is 0 Å². The summed E-state index contributed by atoms with van der Waals surface area (Å²) in [5.74, 6) is -0.450. The zero-order valence-electron chi connectivity index (χ0n) is 12.3. The minimum Gasteiger partial charge on any atom is -0.508 e. The molecule has 0 spiro atoms. The van der Waals surface area contributed by atoms with E-state index < -0.39 is 17.3 Å². The molecule has 0 saturated carbocycles. The van der Waals surface area contributed by atoms with Crippen molar-refractivity contribution >= 4 is 11.8 Å². The average Bonchev–Trinajstić information content (AvgIpc) is 2.32. The van der Waals surface area contributed by atoms with Crippen molar-refractivity contribution in [1.82, 2.24) is 0 Å². The number of carbonyl (C=O) groups excluding carboxylic acids is 2. The third-order valence-corrected chi connectivity index (χ3v) is 3.85. The van der Waals surface area contributed by atoms with Crippen molar-refractivity contribution in [3.63, 3.8) is 0 Å². The summed E-state index contributed by atoms with van der Waals surface area (Å²) in [6.07, 6.45) is 0.184. The molecule has 2 rings (SSSR count). The molecule has 1 N–H and O–H groups in total. The Morgan fingerprint density at radius 2 is 2.00 bits per heavy atom. The van der Waals surface area contributed by atoms with Crippen LogP contribution in [-0.2, 0) is 9.59 Å². The Morgan fingerprint density at radius 3 is 2.60 bits per heavy atom. The van der Waals surface area contributed by atoms with Crippen molar-refractivity contribution < 1.29 is 19.4 Å². The van der Waals surface area contributed by atoms with Crippen molar-refractivity contribution in [2.24, 2.45) is 11.3 Å². The molecule has 108 valence electrons. The highest BCUT2D eigenvalue weighted by Gasteiger charge is 2.38. The van der Waals surface area contributed by atoms with Gasteiger partial charge in [0.1, 0.15) is 17.3 Å². The third kappa shape index (κ3) is 2.69. The van der Waals surface area contributed by atoms with Crippen LogP contribution in [0.2, 0.25) is 0 Å². The van der Waals surface area contributed by atoms with Gasteiger partial charge in [0, 0.05) is 17.9 Å². The molecular formula is C16H20O4. The highest BCUT2D eigenvalue weighted by molar-refractivity contribution is 5.89. The fraction of sp³-hybridized carbons (Fsp3) is 0.500. The number of hydrogen-bond donors (Lipinski definition) is 1. The van der Waals surface area contributed by atoms with Gasteiger partial charge in [-0.15, -0.1) is 0 Å². The monoisotopic (exact) mass is 276 g/mol. The highest BCUT2D eigenvalue weighted by atomic mass is 16.5. The lowest BCUT2D eigenvalue weighted by Crippen LogP contribution is -2.34. The number of carbonyl (C=O) groups is 2. The predicted octanol–water partition coefficient (Wildman–Crippen LogP) is 3.04. The highest BCUT2D eigenvalue weighted by Crippen LogP contribution is 2.41. The number of aromatic hydroxyl groups is 1. The Bertz CT molecular complexity index is 554. The molecule has 1 aliphatic heterocycles. The molecule has 20 heavy (non-hydrogen) atoms. The second-order valence-electron chi connectivity index (χ2n) is 6.42. The molecule has 0 radical (unpaired) electrons. The summed E-state index contributed by atoms with van der Waals surface area (Å²) in [4.78, 5) is 24.2. The molecule has 4 nitrogen and oxygen atoms in total. The van der Waals surface area contributed by atoms with E-state index in [0.717, 1.165) is 5.56 Å². The second kappa shape index (κ2) is 4.93. The van der Waals surface area contributed by atoms with Crippen molar-refractivity contribution in [2.45, 2.75) is 40.0 Å². The molecule has 0 amide bonds. The molecule has 1 aromatic rings. The molecule has 0 bridgehead atoms. The molecule has 0 saturated heterocycles. The van der Waals surface area contributed by atoms with Crippen LogP contribution < -0.4 is 4.74 Å². The smallest absolute Gasteiger partial charge is 0.315 e. The average molecular weight is 276 g/mol. The van der Waals surface area contributed by atoms with Crippen molar-refractivity contribution in [2.75, 3.05) is 0 Å². The summed E-state index contributed by atoms with van der Waals surface area (Å²) in [6, 6.07) is 4.75. The molecule has 0 aromatic heterocycles. The molecule has 2 unspecified atom stereocenters. The number of benzene rings is 1. The van der Waals surface area contributed by atoms with Crippen molar-refractivity contribution in [3.05, 3.63) is 23.8 Å². The van der Waals surface area contributed by atoms with Crippen LogP contribution in [0.25, 0.3) is 0 Å². The van der Waals surface area contributed by atoms with Gasteiger partial charge in [0.15, 0.2) is 0 Å². The van der Waals surface area contributed by atoms with Gasteiger partial charge in [-0.05, 0) is 17.5 Å². The van der Waals surface area contributed by atoms with Crippen LogP contribution in [-0.4, -0.2) is 16.9 Å². The zero-order chi connectivity index (χ0) is 15.1. The van der Waals surface area contributed by atoms with Crippen LogP contribution in [0.1, 0.15) is 45.6 Å². The quantitative estimate of drug-likeness (QED) is 0.666. The first kappa shape index (κ1) is 14.6. The number of rotatable bonds is 2. The summed E-state index contributed by atoms with van der Waals surface area (Å²) in [5, 5.41) is 9.43. The predicted molar refractivity (Wildman–Crippen MR) is 74.7 cm³/mol. The number of hydrogen-bond acceptors (Lipinski definition) is 4. The first-order valence-corrected chi connectivity index (χ1v) is 6.78. The zero-order valence-corrected chi connectivity index (χ0v) is 12.3. The molecule has 1 heterocycles. The van der Waals surface area contributed by atoms with E-state index in [1.807, 2.05) is 27.7 Å². The van der Waals surface area contributed by atoms with Gasteiger partial charge in [0.05, 0.1) is 5.92 Å². The summed E-state index contributed by atoms with van der Waals surface area (Å²) >= 11 is 0. The van der Waals surface area contributed by atoms with Crippen LogP contribution in [0, 0.1) is 11.3 Å². The van der Waals surface area contributed by atoms with Crippen molar-refractivity contribution in [3.8, 4) is 11.5 Å². The van der Waals surface area contributed by atoms with E-state index in [-0.39, 0.29) is 23.9 Å². The minimum atomic E-state index is -0.463. The summed E-state index contributed by atoms with van der Waals surface area (Å²) < 4.78 is 5.26. The Morgan fingerprint density at radius 1 is 1.35 bits per heavy atom. The molecule has 1 aliphatic rings. The fourth-order valence-corrected chi connectivity index (χ4v) is 2.36. The summed E-state index contributed by atoms with van der Waals surface area (Å²) in [7, 11) is 0. The Kier molecular flexibility index (Phi) is 3.59. The minimum absolute atomic E-state index is 0.0496. The van der Waals surface area contributed by atoms with E-state index in [1.54, 1.807) is 12.1 Å². The molecule has 0 aliphatic carbocycles. The number of ketones is 1. The van der Waals surface area contributed by atoms with Crippen molar-refractivity contribution in [1.29, 1.82) is 0 Å². The molecule has 4 heteroatoms. The van der Waals surface area contributed by atoms with Gasteiger partial charge >= 0.3 is 5.97 Å². The van der Waals surface area contributed by atoms with Crippen LogP contribution in [0.5, 0.6) is 11.5 Å². The van der Waals surface area contributed by atoms with Crippen LogP contribution in [0.3, 0.4) is 0 Å². The number of ether oxygens (including phenoxy) is 1. The van der Waals surface area contributed by atoms with E-state index in [1.165, 1.54) is 6.07 Å². The van der Waals surface area contributed by atoms with Gasteiger partial charge in [0.25, 0.3) is 0 Å². The lowest BCUT2D eigenvalue weighted by atomic mass is 9.77. The van der Waals surface area contributed by atoms with E-state index >= 15 is 0 Å². The molecular weight excluding hydrogens is 256 g/mol. The summed E-state index contributed by atoms with van der Waals surface area (Å²) in [6.45, 7) is 7.46. The Hall–Kier alpha value is -1.84. The second-order valence-corrected chi connectivity index (χ2v) is 6.42. The number of phenols is 1. The standard InChI is InChI=1S/C16H20O4/c1-9-11-6-5-10(17)7-13(11)20-15(19)12(9)8-14(18)16(2,3)4/h5-7,9,12,17H,8H2,1-4H3. The SMILES string of the molecule is CC1c2ccc(O)cc2OC(=O)C1CC(=O)C(C)(C)C. The largest absolute Gasteiger partial charge is 0.508 e. The van der Waals surface area contributed by atoms with Gasteiger partial charge in [0.2, 0.25) is 0 Å². The van der Waals surface area contributed by atoms with E-state index in [2.05, 4.69) is 0 Å². The number of fused-ring (bicyclic) bond motifs is 1. The maximum Gasteiger partial charge on any atom is 0.315 e. The lowest BCUT2D eigenvalue weighted by Gasteiger charge is -2.30. The fourth-order valence-electron chi connectivity index (χ4n) is 2.36. The molecule has 2 atom stereocenters. The van der Waals surface area contributed by atoms with Gasteiger partial charge in [-0.25, -0.2) is 0 Å². The number of phenolic OH excluding ortho intramolecular Hbond substituents is 1. The maximum absolute atomic E-state index is 12.1. The van der Waals surface area contributed by atoms with Gasteiger partial charge < -0.3 is 9.84 Å². The van der Waals surface area contributed by atoms with E-state index in [4.69, 9.17) is 4.74 Å². The topological polar surface area (TPSA) is 63.6 Å². The summed E-state index contributed by atoms with van der Waals surface area (Å²) in [5.41, 5.74) is 0.393. The first-order chi connectivity index (χ1) is 9.20. The number of Topliss-reactive ketones (excluding diaryl/α,β-unsaturated/α-hetero) is 1. The van der Waals surface area contributed by atoms with Gasteiger partial charge in [-0.2, -0.15) is 0 Å². The molecule has 1 aromatic carbocycles. The third-order valence-electron chi connectivity index (χ3n) is 3.85. The number of esters is 1. The first-order valence-electron chi connectivity index (χ1n) is 6.78. The lowest BCUT2D eigenvalue weighted by molar-refractivity contribution is -0.144. The van der Waals surface area contributed by atoms with Crippen LogP contribution in [0.15, 0.2) is 18.2 Å². The van der Waals surface area contributed by atoms with Gasteiger partial charge in [-0.3, -0.25) is 9.59 Å². The van der Waals surface area contributed by atoms with E-state index in [9.17, 15) is 14.7 Å². The van der Waals surface area contributed by atoms with Gasteiger partial charge in [-0.1, -0.05) is 33.8 Å². The Labute approximate surface area is 118 Å². The maximum atomic E-state index is 12.1. The normalized spacial score (nSPS) is 22.1. The van der Waals surface area contributed by atoms with Crippen LogP contribution >= 0.6 is 0 Å². The van der Waals surface area contributed by atoms with E-state index in [0.29, 0.717) is 5.75 Å². The molecule has 0 fully saturated rings. The Balaban J connectivity index is 2.27.